The molecule has 0 saturated heterocycles. The topological polar surface area (TPSA) is 45.4 Å². The largest absolute Gasteiger partial charge is 0.330 e. The van der Waals surface area contributed by atoms with E-state index in [1.165, 1.54) is 48.1 Å². The van der Waals surface area contributed by atoms with Gasteiger partial charge in [0.05, 0.1) is 11.7 Å². The van der Waals surface area contributed by atoms with Crippen LogP contribution in [0.15, 0.2) is 42.6 Å². The first kappa shape index (κ1) is 21.5. The standard InChI is InChI=1S/C26H38N4/c1-20(2)30-18-23-10-4-3-9-22(23)17-24(30)19-29(16-6-5-14-27)25-13-7-11-21-12-8-15-28-26(21)25/h3-4,8-10,12,15,20,24-25H,5-7,11,13-14,16-19,27H2,1-2H3/t24-,25+/m1/s1. The smallest absolute Gasteiger partial charge is 0.0607 e. The highest BCUT2D eigenvalue weighted by Crippen LogP contribution is 2.34. The summed E-state index contributed by atoms with van der Waals surface area (Å²) in [6.45, 7) is 8.75. The minimum atomic E-state index is 0.443. The summed E-state index contributed by atoms with van der Waals surface area (Å²) in [4.78, 5) is 10.3. The Hall–Kier alpha value is -1.75. The number of hydrogen-bond donors (Lipinski definition) is 1. The van der Waals surface area contributed by atoms with Gasteiger partial charge in [-0.3, -0.25) is 14.8 Å². The van der Waals surface area contributed by atoms with Gasteiger partial charge in [-0.05, 0) is 88.2 Å². The van der Waals surface area contributed by atoms with Crippen molar-refractivity contribution in [3.8, 4) is 0 Å². The van der Waals surface area contributed by atoms with Crippen molar-refractivity contribution in [1.82, 2.24) is 14.8 Å². The molecule has 0 spiro atoms. The van der Waals surface area contributed by atoms with Crippen molar-refractivity contribution in [2.45, 2.75) is 77.0 Å². The molecule has 0 unspecified atom stereocenters. The van der Waals surface area contributed by atoms with Crippen molar-refractivity contribution in [1.29, 1.82) is 0 Å². The second-order valence-electron chi connectivity index (χ2n) is 9.34. The van der Waals surface area contributed by atoms with Gasteiger partial charge in [-0.2, -0.15) is 0 Å². The average Bonchev–Trinajstić information content (AvgIpc) is 2.77. The van der Waals surface area contributed by atoms with Crippen LogP contribution in [0, 0.1) is 0 Å². The van der Waals surface area contributed by atoms with E-state index in [1.54, 1.807) is 0 Å². The summed E-state index contributed by atoms with van der Waals surface area (Å²) in [5.74, 6) is 0. The highest BCUT2D eigenvalue weighted by Gasteiger charge is 2.33. The van der Waals surface area contributed by atoms with Crippen LogP contribution < -0.4 is 5.73 Å². The van der Waals surface area contributed by atoms with Crippen molar-refractivity contribution in [2.75, 3.05) is 19.6 Å². The molecule has 2 atom stereocenters. The fourth-order valence-electron chi connectivity index (χ4n) is 5.43. The number of nitrogens with zero attached hydrogens (tertiary/aromatic N) is 3. The van der Waals surface area contributed by atoms with Crippen molar-refractivity contribution in [3.05, 3.63) is 65.0 Å². The molecule has 1 aliphatic heterocycles. The van der Waals surface area contributed by atoms with Crippen LogP contribution in [-0.4, -0.2) is 46.5 Å². The van der Waals surface area contributed by atoms with Gasteiger partial charge in [0.2, 0.25) is 0 Å². The summed E-state index contributed by atoms with van der Waals surface area (Å²) in [6, 6.07) is 14.9. The predicted molar refractivity (Wildman–Crippen MR) is 124 cm³/mol. The van der Waals surface area contributed by atoms with E-state index in [4.69, 9.17) is 10.7 Å². The van der Waals surface area contributed by atoms with E-state index in [0.717, 1.165) is 39.0 Å². The molecule has 162 valence electrons. The molecule has 4 heteroatoms. The second kappa shape index (κ2) is 10.0. The third-order valence-electron chi connectivity index (χ3n) is 7.01. The van der Waals surface area contributed by atoms with E-state index in [9.17, 15) is 0 Å². The lowest BCUT2D eigenvalue weighted by Gasteiger charge is -2.44. The van der Waals surface area contributed by atoms with E-state index >= 15 is 0 Å². The van der Waals surface area contributed by atoms with Crippen LogP contribution in [0.5, 0.6) is 0 Å². The van der Waals surface area contributed by atoms with Gasteiger partial charge in [-0.1, -0.05) is 30.3 Å². The van der Waals surface area contributed by atoms with Crippen molar-refractivity contribution in [3.63, 3.8) is 0 Å². The zero-order chi connectivity index (χ0) is 20.9. The SMILES string of the molecule is CC(C)N1Cc2ccccc2C[C@@H]1CN(CCCCN)[C@H]1CCCc2cccnc21. The maximum atomic E-state index is 5.83. The number of pyridine rings is 1. The van der Waals surface area contributed by atoms with Gasteiger partial charge in [0, 0.05) is 31.4 Å². The van der Waals surface area contributed by atoms with Crippen LogP contribution in [0.4, 0.5) is 0 Å². The Morgan fingerprint density at radius 2 is 1.90 bits per heavy atom. The number of aryl methyl sites for hydroxylation is 1. The highest BCUT2D eigenvalue weighted by atomic mass is 15.3. The molecule has 2 aromatic rings. The molecule has 0 amide bonds. The Bertz CT molecular complexity index is 818. The van der Waals surface area contributed by atoms with Crippen LogP contribution in [0.2, 0.25) is 0 Å². The fourth-order valence-corrected chi connectivity index (χ4v) is 5.43. The minimum Gasteiger partial charge on any atom is -0.330 e. The highest BCUT2D eigenvalue weighted by molar-refractivity contribution is 5.31. The first-order valence-electron chi connectivity index (χ1n) is 11.9. The number of rotatable bonds is 8. The molecule has 0 bridgehead atoms. The maximum absolute atomic E-state index is 5.83. The molecule has 2 heterocycles. The molecule has 1 aromatic carbocycles. The lowest BCUT2D eigenvalue weighted by atomic mass is 9.88. The molecule has 0 saturated carbocycles. The Morgan fingerprint density at radius 1 is 1.10 bits per heavy atom. The van der Waals surface area contributed by atoms with Crippen molar-refractivity contribution < 1.29 is 0 Å². The summed E-state index contributed by atoms with van der Waals surface area (Å²) in [6.07, 6.45) is 9.04. The summed E-state index contributed by atoms with van der Waals surface area (Å²) in [7, 11) is 0. The number of nitrogens with two attached hydrogens (primary N) is 1. The van der Waals surface area contributed by atoms with E-state index in [0.29, 0.717) is 18.1 Å². The lowest BCUT2D eigenvalue weighted by Crippen LogP contribution is -2.51. The molecule has 30 heavy (non-hydrogen) atoms. The lowest BCUT2D eigenvalue weighted by molar-refractivity contribution is 0.0678. The third kappa shape index (κ3) is 4.77. The summed E-state index contributed by atoms with van der Waals surface area (Å²) < 4.78 is 0. The van der Waals surface area contributed by atoms with Gasteiger partial charge >= 0.3 is 0 Å². The molecule has 0 fully saturated rings. The van der Waals surface area contributed by atoms with Crippen molar-refractivity contribution in [2.24, 2.45) is 5.73 Å². The van der Waals surface area contributed by atoms with Crippen molar-refractivity contribution >= 4 is 0 Å². The number of unbranched alkanes of at least 4 members (excludes halogenated alkanes) is 1. The molecule has 2 aliphatic rings. The first-order valence-corrected chi connectivity index (χ1v) is 11.9. The van der Waals surface area contributed by atoms with Crippen LogP contribution in [-0.2, 0) is 19.4 Å². The minimum absolute atomic E-state index is 0.443. The number of fused-ring (bicyclic) bond motifs is 2. The van der Waals surface area contributed by atoms with Gasteiger partial charge in [0.15, 0.2) is 0 Å². The summed E-state index contributed by atoms with van der Waals surface area (Å²) in [5, 5.41) is 0. The Labute approximate surface area is 182 Å². The van der Waals surface area contributed by atoms with Gasteiger partial charge in [0.1, 0.15) is 0 Å². The van der Waals surface area contributed by atoms with Crippen LogP contribution >= 0.6 is 0 Å². The molecule has 2 N–H and O–H groups in total. The van der Waals surface area contributed by atoms with Crippen LogP contribution in [0.3, 0.4) is 0 Å². The van der Waals surface area contributed by atoms with Crippen LogP contribution in [0.1, 0.15) is 68.0 Å². The fraction of sp³-hybridized carbons (Fsp3) is 0.577. The third-order valence-corrected chi connectivity index (χ3v) is 7.01. The molecule has 4 nitrogen and oxygen atoms in total. The molecular weight excluding hydrogens is 368 g/mol. The van der Waals surface area contributed by atoms with Gasteiger partial charge in [-0.15, -0.1) is 0 Å². The van der Waals surface area contributed by atoms with Gasteiger partial charge in [-0.25, -0.2) is 0 Å². The van der Waals surface area contributed by atoms with Crippen LogP contribution in [0.25, 0.3) is 0 Å². The normalized spacial score (nSPS) is 21.6. The maximum Gasteiger partial charge on any atom is 0.0607 e. The van der Waals surface area contributed by atoms with E-state index in [2.05, 4.69) is 60.0 Å². The summed E-state index contributed by atoms with van der Waals surface area (Å²) >= 11 is 0. The number of hydrogen-bond acceptors (Lipinski definition) is 4. The first-order chi connectivity index (χ1) is 14.7. The Kier molecular flexibility index (Phi) is 7.19. The Morgan fingerprint density at radius 3 is 2.70 bits per heavy atom. The molecular formula is C26H38N4. The van der Waals surface area contributed by atoms with Gasteiger partial charge < -0.3 is 5.73 Å². The average molecular weight is 407 g/mol. The molecule has 1 aliphatic carbocycles. The number of benzene rings is 1. The predicted octanol–water partition coefficient (Wildman–Crippen LogP) is 4.34. The quantitative estimate of drug-likeness (QED) is 0.663. The monoisotopic (exact) mass is 406 g/mol. The van der Waals surface area contributed by atoms with E-state index in [-0.39, 0.29) is 0 Å². The molecule has 4 rings (SSSR count). The zero-order valence-electron chi connectivity index (χ0n) is 18.8. The van der Waals surface area contributed by atoms with Gasteiger partial charge in [0.25, 0.3) is 0 Å². The number of aromatic nitrogens is 1. The molecule has 0 radical (unpaired) electrons. The second-order valence-corrected chi connectivity index (χ2v) is 9.34. The Balaban J connectivity index is 1.58. The summed E-state index contributed by atoms with van der Waals surface area (Å²) in [5.41, 5.74) is 11.6. The van der Waals surface area contributed by atoms with E-state index < -0.39 is 0 Å². The zero-order valence-corrected chi connectivity index (χ0v) is 18.8. The molecule has 1 aromatic heterocycles. The van der Waals surface area contributed by atoms with E-state index in [1.807, 2.05) is 6.20 Å².